The lowest BCUT2D eigenvalue weighted by atomic mass is 9.75. The van der Waals surface area contributed by atoms with Crippen LogP contribution < -0.4 is 5.69 Å². The molecule has 1 heterocycles. The van der Waals surface area contributed by atoms with Gasteiger partial charge in [0.05, 0.1) is 12.1 Å². The predicted octanol–water partition coefficient (Wildman–Crippen LogP) is 6.62. The molecule has 1 aliphatic rings. The minimum absolute atomic E-state index is 0.0350. The third kappa shape index (κ3) is 5.94. The zero-order chi connectivity index (χ0) is 27.6. The molecule has 0 spiro atoms. The molecule has 0 radical (unpaired) electrons. The van der Waals surface area contributed by atoms with Crippen molar-refractivity contribution in [2.24, 2.45) is 0 Å². The summed E-state index contributed by atoms with van der Waals surface area (Å²) >= 11 is 0. The molecule has 39 heavy (non-hydrogen) atoms. The fourth-order valence-corrected chi connectivity index (χ4v) is 5.46. The molecule has 1 aromatic heterocycles. The molecule has 1 aliphatic carbocycles. The van der Waals surface area contributed by atoms with Crippen molar-refractivity contribution >= 4 is 0 Å². The van der Waals surface area contributed by atoms with Gasteiger partial charge < -0.3 is 5.11 Å². The van der Waals surface area contributed by atoms with E-state index in [4.69, 9.17) is 5.10 Å². The second kappa shape index (κ2) is 11.0. The summed E-state index contributed by atoms with van der Waals surface area (Å²) in [5.74, 6) is 0.860. The molecule has 5 heteroatoms. The number of hydrogen-bond acceptors (Lipinski definition) is 3. The van der Waals surface area contributed by atoms with Crippen LogP contribution in [0.15, 0.2) is 77.6 Å². The van der Waals surface area contributed by atoms with Crippen LogP contribution in [0.4, 0.5) is 0 Å². The van der Waals surface area contributed by atoms with Crippen LogP contribution in [-0.2, 0) is 36.9 Å². The van der Waals surface area contributed by atoms with E-state index < -0.39 is 5.60 Å². The zero-order valence-electron chi connectivity index (χ0n) is 23.8. The zero-order valence-corrected chi connectivity index (χ0v) is 23.8. The largest absolute Gasteiger partial charge is 0.385 e. The van der Waals surface area contributed by atoms with E-state index in [2.05, 4.69) is 93.6 Å². The Morgan fingerprint density at radius 2 is 1.44 bits per heavy atom. The lowest BCUT2D eigenvalue weighted by Crippen LogP contribution is -2.33. The van der Waals surface area contributed by atoms with Crippen molar-refractivity contribution in [1.29, 1.82) is 0 Å². The number of benzene rings is 3. The molecule has 5 rings (SSSR count). The predicted molar refractivity (Wildman–Crippen MR) is 158 cm³/mol. The SMILES string of the molecule is CCn1c(CCCc2ccc(-c3ccc(C4(O)CCC4)cc3)cc2)nn(Cc2ccc(C(C)(C)C)cc2)c1=O. The number of hydrogen-bond donors (Lipinski definition) is 1. The fourth-order valence-electron chi connectivity index (χ4n) is 5.46. The van der Waals surface area contributed by atoms with E-state index in [1.165, 1.54) is 22.3 Å². The van der Waals surface area contributed by atoms with E-state index in [-0.39, 0.29) is 11.1 Å². The first-order chi connectivity index (χ1) is 18.7. The van der Waals surface area contributed by atoms with Crippen molar-refractivity contribution in [2.45, 2.75) is 90.3 Å². The van der Waals surface area contributed by atoms with E-state index in [0.29, 0.717) is 13.1 Å². The van der Waals surface area contributed by atoms with Gasteiger partial charge in [0.15, 0.2) is 0 Å². The topological polar surface area (TPSA) is 60.0 Å². The quantitative estimate of drug-likeness (QED) is 0.268. The molecular formula is C34H41N3O2. The summed E-state index contributed by atoms with van der Waals surface area (Å²) in [5.41, 5.74) is 6.49. The van der Waals surface area contributed by atoms with Gasteiger partial charge in [-0.15, -0.1) is 0 Å². The van der Waals surface area contributed by atoms with Gasteiger partial charge in [0.1, 0.15) is 5.82 Å². The van der Waals surface area contributed by atoms with Gasteiger partial charge in [-0.2, -0.15) is 5.10 Å². The van der Waals surface area contributed by atoms with Crippen LogP contribution in [0.5, 0.6) is 0 Å². The molecule has 1 fully saturated rings. The summed E-state index contributed by atoms with van der Waals surface area (Å²) in [7, 11) is 0. The molecule has 3 aromatic carbocycles. The van der Waals surface area contributed by atoms with Gasteiger partial charge in [0.25, 0.3) is 0 Å². The smallest absolute Gasteiger partial charge is 0.346 e. The van der Waals surface area contributed by atoms with E-state index >= 15 is 0 Å². The fraction of sp³-hybridized carbons (Fsp3) is 0.412. The lowest BCUT2D eigenvalue weighted by molar-refractivity contribution is -0.0387. The van der Waals surface area contributed by atoms with Gasteiger partial charge in [-0.25, -0.2) is 9.48 Å². The number of nitrogens with zero attached hydrogens (tertiary/aromatic N) is 3. The van der Waals surface area contributed by atoms with Crippen LogP contribution in [0.3, 0.4) is 0 Å². The molecule has 0 saturated heterocycles. The van der Waals surface area contributed by atoms with E-state index in [9.17, 15) is 9.90 Å². The van der Waals surface area contributed by atoms with Crippen molar-refractivity contribution < 1.29 is 5.11 Å². The van der Waals surface area contributed by atoms with Gasteiger partial charge in [-0.1, -0.05) is 93.6 Å². The Hall–Kier alpha value is -3.44. The van der Waals surface area contributed by atoms with Crippen LogP contribution in [0.25, 0.3) is 11.1 Å². The molecule has 0 atom stereocenters. The maximum atomic E-state index is 13.0. The number of aryl methyl sites for hydroxylation is 2. The minimum Gasteiger partial charge on any atom is -0.385 e. The second-order valence-corrected chi connectivity index (χ2v) is 12.1. The van der Waals surface area contributed by atoms with Crippen molar-refractivity contribution in [3.8, 4) is 11.1 Å². The van der Waals surface area contributed by atoms with Crippen LogP contribution in [0.1, 0.15) is 81.5 Å². The van der Waals surface area contributed by atoms with Gasteiger partial charge in [-0.3, -0.25) is 4.57 Å². The van der Waals surface area contributed by atoms with Crippen molar-refractivity contribution in [3.05, 3.63) is 111 Å². The molecule has 5 nitrogen and oxygen atoms in total. The summed E-state index contributed by atoms with van der Waals surface area (Å²) in [6, 6.07) is 25.6. The molecule has 204 valence electrons. The molecule has 0 bridgehead atoms. The van der Waals surface area contributed by atoms with E-state index in [1.807, 2.05) is 6.92 Å². The van der Waals surface area contributed by atoms with E-state index in [0.717, 1.165) is 55.5 Å². The van der Waals surface area contributed by atoms with Gasteiger partial charge in [0, 0.05) is 13.0 Å². The summed E-state index contributed by atoms with van der Waals surface area (Å²) in [5, 5.41) is 15.3. The van der Waals surface area contributed by atoms with Crippen molar-refractivity contribution in [3.63, 3.8) is 0 Å². The summed E-state index contributed by atoms with van der Waals surface area (Å²) < 4.78 is 3.41. The van der Waals surface area contributed by atoms with Crippen LogP contribution in [0, 0.1) is 0 Å². The Kier molecular flexibility index (Phi) is 7.64. The average Bonchev–Trinajstić information content (AvgIpc) is 3.21. The molecule has 1 saturated carbocycles. The maximum Gasteiger partial charge on any atom is 0.346 e. The monoisotopic (exact) mass is 523 g/mol. The molecule has 0 aliphatic heterocycles. The van der Waals surface area contributed by atoms with Gasteiger partial charge in [0.2, 0.25) is 0 Å². The maximum absolute atomic E-state index is 13.0. The van der Waals surface area contributed by atoms with Gasteiger partial charge >= 0.3 is 5.69 Å². The number of aliphatic hydroxyl groups is 1. The third-order valence-corrected chi connectivity index (χ3v) is 8.22. The Bertz CT molecular complexity index is 1450. The Morgan fingerprint density at radius 3 is 1.97 bits per heavy atom. The Morgan fingerprint density at radius 1 is 0.846 bits per heavy atom. The third-order valence-electron chi connectivity index (χ3n) is 8.22. The van der Waals surface area contributed by atoms with Crippen LogP contribution >= 0.6 is 0 Å². The normalized spacial score (nSPS) is 14.8. The average molecular weight is 524 g/mol. The highest BCUT2D eigenvalue weighted by Gasteiger charge is 2.35. The highest BCUT2D eigenvalue weighted by Crippen LogP contribution is 2.41. The Labute approximate surface area is 232 Å². The molecule has 0 amide bonds. The standard InChI is InChI=1S/C34H41N3O2/c1-5-36-31(35-37(32(36)38)24-26-12-18-29(19-13-26)33(2,3)4)9-6-8-25-10-14-27(15-11-25)28-16-20-30(21-17-28)34(39)22-7-23-34/h10-21,39H,5-9,22-24H2,1-4H3. The number of aromatic nitrogens is 3. The highest BCUT2D eigenvalue weighted by atomic mass is 16.3. The summed E-state index contributed by atoms with van der Waals surface area (Å²) in [4.78, 5) is 13.0. The highest BCUT2D eigenvalue weighted by molar-refractivity contribution is 5.64. The van der Waals surface area contributed by atoms with Crippen molar-refractivity contribution in [2.75, 3.05) is 0 Å². The van der Waals surface area contributed by atoms with E-state index in [1.54, 1.807) is 9.25 Å². The summed E-state index contributed by atoms with van der Waals surface area (Å²) in [6.45, 7) is 9.74. The summed E-state index contributed by atoms with van der Waals surface area (Å²) in [6.07, 6.45) is 5.46. The lowest BCUT2D eigenvalue weighted by Gasteiger charge is -2.37. The molecule has 0 unspecified atom stereocenters. The molecule has 1 N–H and O–H groups in total. The Balaban J connectivity index is 1.19. The first kappa shape index (κ1) is 27.1. The number of rotatable bonds is 9. The molecular weight excluding hydrogens is 482 g/mol. The minimum atomic E-state index is -0.612. The molecule has 4 aromatic rings. The van der Waals surface area contributed by atoms with Crippen LogP contribution in [-0.4, -0.2) is 19.5 Å². The first-order valence-corrected chi connectivity index (χ1v) is 14.3. The van der Waals surface area contributed by atoms with Crippen LogP contribution in [0.2, 0.25) is 0 Å². The van der Waals surface area contributed by atoms with Gasteiger partial charge in [-0.05, 0) is 77.8 Å². The first-order valence-electron chi connectivity index (χ1n) is 14.3. The van der Waals surface area contributed by atoms with Crippen molar-refractivity contribution in [1.82, 2.24) is 14.3 Å². The second-order valence-electron chi connectivity index (χ2n) is 12.1.